The standard InChI is InChI=1S/C21H25N3O3S.C20H24N4O4S.2C19H22N4O4S/c25-21(23-28(26,27)19-10-12-24-11-2-1-9-18(19)24)22-20-16-7-3-5-14(16)13-15-6-4-8-17(15)20;1-12-8-9-28-19-17(11-21-24(12)19)29(26,27)23-20(25)22-18-15-6-2-4-13(15)10-14-5-3-7-16(14)18;1-11-10-27-18-16(9-20-23(11)18)28(25,26)22-19(24)21-17-14-6-2-4-12(14)8-13-5-3-7-15(13)17;1-11-10-23-18(27-11)16(9-20-23)28(25,26)22-19(24)21-17-14-6-2-4-12(14)8-13-5-3-7-15(13)17/h10,12-13H,1-9,11H2,(H2,22,23,25);10-12H,2-9H2,1H3,(H2,22,23,25);2*8-9,11H,2-7,10H2,1H3,(H2,21,22,24). The number of carbonyl (C=O) groups excluding carboxylic acids is 4. The van der Waals surface area contributed by atoms with Gasteiger partial charge in [-0.1, -0.05) is 24.3 Å². The van der Waals surface area contributed by atoms with Gasteiger partial charge in [-0.2, -0.15) is 15.3 Å². The number of nitrogens with zero attached hydrogens (tertiary/aromatic N) is 7. The van der Waals surface area contributed by atoms with E-state index < -0.39 is 64.2 Å². The summed E-state index contributed by atoms with van der Waals surface area (Å²) >= 11 is 0. The molecule has 8 amide bonds. The first kappa shape index (κ1) is 75.7. The molecular formula is C79H93N15O15S4. The van der Waals surface area contributed by atoms with Gasteiger partial charge in [0, 0.05) is 47.6 Å². The molecule has 3 unspecified atom stereocenters. The molecule has 0 saturated heterocycles. The van der Waals surface area contributed by atoms with Crippen LogP contribution in [0.1, 0.15) is 198 Å². The molecule has 34 heteroatoms. The van der Waals surface area contributed by atoms with Gasteiger partial charge in [0.1, 0.15) is 17.6 Å². The molecule has 113 heavy (non-hydrogen) atoms. The van der Waals surface area contributed by atoms with Crippen LogP contribution in [0.25, 0.3) is 0 Å². The molecule has 8 N–H and O–H groups in total. The van der Waals surface area contributed by atoms with Gasteiger partial charge in [0.25, 0.3) is 40.1 Å². The van der Waals surface area contributed by atoms with E-state index in [1.54, 1.807) is 16.9 Å². The van der Waals surface area contributed by atoms with Gasteiger partial charge in [0.05, 0.1) is 43.8 Å². The lowest BCUT2D eigenvalue weighted by Crippen LogP contribution is -2.35. The van der Waals surface area contributed by atoms with Crippen LogP contribution in [-0.2, 0) is 162 Å². The monoisotopic (exact) mass is 1620 g/mol. The van der Waals surface area contributed by atoms with E-state index in [-0.39, 0.29) is 55.4 Å². The normalized spacial score (nSPS) is 19.2. The lowest BCUT2D eigenvalue weighted by Gasteiger charge is -2.22. The van der Waals surface area contributed by atoms with Gasteiger partial charge in [-0.15, -0.1) is 0 Å². The predicted octanol–water partition coefficient (Wildman–Crippen LogP) is 10.5. The van der Waals surface area contributed by atoms with Crippen LogP contribution >= 0.6 is 0 Å². The number of sulfonamides is 4. The summed E-state index contributed by atoms with van der Waals surface area (Å²) < 4.78 is 134. The molecule has 30 nitrogen and oxygen atoms in total. The highest BCUT2D eigenvalue weighted by atomic mass is 32.2. The van der Waals surface area contributed by atoms with Crippen molar-refractivity contribution in [3.8, 4) is 17.6 Å². The molecule has 0 radical (unpaired) electrons. The number of urea groups is 4. The maximum Gasteiger partial charge on any atom is 0.333 e. The third-order valence-electron chi connectivity index (χ3n) is 24.0. The van der Waals surface area contributed by atoms with Crippen LogP contribution in [0.2, 0.25) is 0 Å². The van der Waals surface area contributed by atoms with E-state index >= 15 is 0 Å². The van der Waals surface area contributed by atoms with Crippen LogP contribution in [0.5, 0.6) is 17.6 Å². The fourth-order valence-electron chi connectivity index (χ4n) is 18.8. The second-order valence-corrected chi connectivity index (χ2v) is 38.1. The van der Waals surface area contributed by atoms with E-state index in [0.29, 0.717) is 19.8 Å². The van der Waals surface area contributed by atoms with Crippen molar-refractivity contribution in [2.75, 3.05) is 34.5 Å². The lowest BCUT2D eigenvalue weighted by atomic mass is 9.99. The van der Waals surface area contributed by atoms with Gasteiger partial charge in [-0.05, 0) is 289 Å². The fourth-order valence-corrected chi connectivity index (χ4v) is 22.9. The fraction of sp³-hybridized carbons (Fsp3) is 0.481. The third-order valence-corrected chi connectivity index (χ3v) is 29.4. The smallest absolute Gasteiger partial charge is 0.333 e. The summed E-state index contributed by atoms with van der Waals surface area (Å²) in [4.78, 5) is 50.5. The zero-order valence-electron chi connectivity index (χ0n) is 63.4. The highest BCUT2D eigenvalue weighted by Crippen LogP contribution is 2.44. The number of hydrogen-bond donors (Lipinski definition) is 8. The van der Waals surface area contributed by atoms with E-state index in [1.807, 2.05) is 25.3 Å². The first-order chi connectivity index (χ1) is 54.3. The number of amides is 8. The SMILES string of the molecule is CC1CCOc2c(S(=O)(=O)NC(=O)Nc3c4c(cc5c3CCC5)CCC4)cnn21.CC1COc2c(S(=O)(=O)NC(=O)Nc3c4c(cc5c3CCC5)CCC4)cnn21.CC1Cn2ncc(S(=O)(=O)NC(=O)Nc3c4c(cc5c3CCC5)CCC4)c2O1.O=C(Nc1c2c(cc3c1CCC3)CCC2)NS(=O)(=O)c1ccn2c1CCCC2. The number of nitrogens with one attached hydrogen (secondary N) is 8. The second-order valence-electron chi connectivity index (χ2n) is 31.5. The molecule has 8 aromatic rings. The van der Waals surface area contributed by atoms with Crippen molar-refractivity contribution in [1.82, 2.24) is 52.8 Å². The number of carbonyl (C=O) groups is 4. The minimum atomic E-state index is -4.10. The summed E-state index contributed by atoms with van der Waals surface area (Å²) in [6.45, 7) is 7.77. The molecule has 0 saturated carbocycles. The summed E-state index contributed by atoms with van der Waals surface area (Å²) in [5.41, 5.74) is 23.6. The van der Waals surface area contributed by atoms with E-state index in [1.165, 1.54) is 83.6 Å². The Morgan fingerprint density at radius 1 is 0.389 bits per heavy atom. The number of aromatic nitrogens is 7. The van der Waals surface area contributed by atoms with Gasteiger partial charge in [-0.25, -0.2) is 85.8 Å². The lowest BCUT2D eigenvalue weighted by molar-refractivity contribution is 0.196. The third kappa shape index (κ3) is 14.7. The Balaban J connectivity index is 0.000000109. The van der Waals surface area contributed by atoms with Crippen molar-refractivity contribution in [3.05, 3.63) is 150 Å². The number of benzene rings is 4. The van der Waals surface area contributed by atoms with Crippen molar-refractivity contribution in [2.45, 2.75) is 251 Å². The Morgan fingerprint density at radius 3 is 1.11 bits per heavy atom. The summed E-state index contributed by atoms with van der Waals surface area (Å²) in [5.74, 6) is 0.536. The van der Waals surface area contributed by atoms with E-state index in [2.05, 4.69) is 79.7 Å². The molecule has 598 valence electrons. The van der Waals surface area contributed by atoms with Gasteiger partial charge >= 0.3 is 24.1 Å². The Labute approximate surface area is 656 Å². The molecule has 20 rings (SSSR count). The highest BCUT2D eigenvalue weighted by Gasteiger charge is 2.38. The highest BCUT2D eigenvalue weighted by molar-refractivity contribution is 7.91. The molecule has 4 aromatic carbocycles. The van der Waals surface area contributed by atoms with Crippen LogP contribution in [-0.4, -0.2) is 111 Å². The van der Waals surface area contributed by atoms with E-state index in [9.17, 15) is 52.8 Å². The second kappa shape index (κ2) is 30.1. The van der Waals surface area contributed by atoms with Crippen LogP contribution in [0.15, 0.2) is 74.7 Å². The van der Waals surface area contributed by atoms with Crippen molar-refractivity contribution in [3.63, 3.8) is 0 Å². The maximum absolute atomic E-state index is 12.8. The quantitative estimate of drug-likeness (QED) is 0.0563. The Bertz CT molecular complexity index is 5480. The first-order valence-corrected chi connectivity index (χ1v) is 45.6. The van der Waals surface area contributed by atoms with Crippen molar-refractivity contribution in [2.24, 2.45) is 0 Å². The molecule has 0 bridgehead atoms. The average molecular weight is 1620 g/mol. The van der Waals surface area contributed by atoms with Gasteiger partial charge in [-0.3, -0.25) is 0 Å². The van der Waals surface area contributed by atoms with Gasteiger partial charge in [0.2, 0.25) is 17.6 Å². The Morgan fingerprint density at radius 2 is 0.726 bits per heavy atom. The van der Waals surface area contributed by atoms with Crippen molar-refractivity contribution >= 4 is 87.0 Å². The number of fused-ring (bicyclic) bond motifs is 12. The van der Waals surface area contributed by atoms with E-state index in [4.69, 9.17) is 14.2 Å². The summed E-state index contributed by atoms with van der Waals surface area (Å²) in [7, 11) is -16.2. The Kier molecular flexibility index (Phi) is 20.2. The van der Waals surface area contributed by atoms with Crippen LogP contribution in [0.3, 0.4) is 0 Å². The summed E-state index contributed by atoms with van der Waals surface area (Å²) in [5, 5.41) is 23.7. The topological polar surface area (TPSA) is 387 Å². The van der Waals surface area contributed by atoms with Gasteiger partial charge in [0.15, 0.2) is 14.7 Å². The predicted molar refractivity (Wildman–Crippen MR) is 418 cm³/mol. The molecule has 4 aliphatic heterocycles. The number of anilines is 4. The zero-order chi connectivity index (χ0) is 78.4. The molecule has 8 aliphatic carbocycles. The minimum absolute atomic E-state index is 0.0396. The number of aryl methyl sites for hydroxylation is 9. The largest absolute Gasteiger partial charge is 0.477 e. The van der Waals surface area contributed by atoms with Crippen LogP contribution in [0, 0.1) is 0 Å². The average Bonchev–Trinajstić information content (AvgIpc) is 1.54. The van der Waals surface area contributed by atoms with E-state index in [0.717, 1.165) is 248 Å². The van der Waals surface area contributed by atoms with Crippen molar-refractivity contribution < 1.29 is 67.1 Å². The number of hydrogen-bond acceptors (Lipinski definition) is 18. The zero-order valence-corrected chi connectivity index (χ0v) is 66.7. The first-order valence-electron chi connectivity index (χ1n) is 39.6. The molecular weight excluding hydrogens is 1530 g/mol. The van der Waals surface area contributed by atoms with Crippen LogP contribution < -0.4 is 54.4 Å². The minimum Gasteiger partial charge on any atom is -0.477 e. The molecule has 4 aromatic heterocycles. The van der Waals surface area contributed by atoms with Crippen LogP contribution in [0.4, 0.5) is 41.9 Å². The summed E-state index contributed by atoms with van der Waals surface area (Å²) in [6.07, 6.45) is 32.9. The molecule has 12 aliphatic rings. The maximum atomic E-state index is 12.8. The summed E-state index contributed by atoms with van der Waals surface area (Å²) in [6, 6.07) is 7.79. The molecule has 0 spiro atoms. The van der Waals surface area contributed by atoms with Gasteiger partial charge < -0.3 is 40.0 Å². The number of rotatable bonds is 12. The molecule has 3 atom stereocenters. The molecule has 8 heterocycles. The Hall–Kier alpha value is -9.93. The van der Waals surface area contributed by atoms with Crippen molar-refractivity contribution in [1.29, 1.82) is 0 Å². The number of ether oxygens (including phenoxy) is 3. The molecule has 0 fully saturated rings.